The Morgan fingerprint density at radius 1 is 0.737 bits per heavy atom. The monoisotopic (exact) mass is 244 g/mol. The van der Waals surface area contributed by atoms with Crippen molar-refractivity contribution in [3.63, 3.8) is 0 Å². The van der Waals surface area contributed by atoms with Gasteiger partial charge in [-0.2, -0.15) is 5.10 Å². The first kappa shape index (κ1) is 10.3. The van der Waals surface area contributed by atoms with Gasteiger partial charge in [0.25, 0.3) is 0 Å². The Morgan fingerprint density at radius 3 is 2.42 bits per heavy atom. The third-order valence-electron chi connectivity index (χ3n) is 3.50. The Morgan fingerprint density at radius 2 is 1.53 bits per heavy atom. The lowest BCUT2D eigenvalue weighted by Crippen LogP contribution is -1.79. The van der Waals surface area contributed by atoms with E-state index in [0.717, 1.165) is 16.8 Å². The van der Waals surface area contributed by atoms with Crippen LogP contribution in [0.2, 0.25) is 0 Å². The van der Waals surface area contributed by atoms with Gasteiger partial charge >= 0.3 is 0 Å². The van der Waals surface area contributed by atoms with Crippen LogP contribution < -0.4 is 0 Å². The van der Waals surface area contributed by atoms with Gasteiger partial charge in [0.05, 0.1) is 5.52 Å². The number of H-pyrrole nitrogens is 1. The summed E-state index contributed by atoms with van der Waals surface area (Å²) in [5, 5.41) is 11.3. The van der Waals surface area contributed by atoms with Crippen molar-refractivity contribution in [2.24, 2.45) is 0 Å². The molecule has 19 heavy (non-hydrogen) atoms. The molecule has 0 radical (unpaired) electrons. The number of nitrogens with one attached hydrogen (secondary N) is 1. The smallest absolute Gasteiger partial charge is 0.101 e. The van der Waals surface area contributed by atoms with Crippen molar-refractivity contribution in [2.75, 3.05) is 0 Å². The summed E-state index contributed by atoms with van der Waals surface area (Å²) in [5.74, 6) is 0. The molecule has 0 amide bonds. The minimum Gasteiger partial charge on any atom is -0.277 e. The van der Waals surface area contributed by atoms with E-state index in [2.05, 4.69) is 58.7 Å². The largest absolute Gasteiger partial charge is 0.277 e. The van der Waals surface area contributed by atoms with Crippen LogP contribution in [0.3, 0.4) is 0 Å². The summed E-state index contributed by atoms with van der Waals surface area (Å²) in [6.07, 6.45) is 0. The van der Waals surface area contributed by atoms with Gasteiger partial charge in [-0.15, -0.1) is 0 Å². The molecule has 0 atom stereocenters. The van der Waals surface area contributed by atoms with Crippen LogP contribution in [-0.2, 0) is 0 Å². The first-order valence-electron chi connectivity index (χ1n) is 6.35. The van der Waals surface area contributed by atoms with Gasteiger partial charge in [0, 0.05) is 10.9 Å². The Hall–Kier alpha value is -2.61. The molecule has 0 unspecified atom stereocenters. The van der Waals surface area contributed by atoms with Gasteiger partial charge in [-0.05, 0) is 16.8 Å². The van der Waals surface area contributed by atoms with E-state index in [4.69, 9.17) is 0 Å². The molecule has 4 rings (SSSR count). The molecule has 2 nitrogen and oxygen atoms in total. The fraction of sp³-hybridized carbons (Fsp3) is 0. The molecule has 1 N–H and O–H groups in total. The average molecular weight is 244 g/mol. The summed E-state index contributed by atoms with van der Waals surface area (Å²) >= 11 is 0. The molecule has 0 aliphatic carbocycles. The summed E-state index contributed by atoms with van der Waals surface area (Å²) in [4.78, 5) is 0. The normalized spacial score (nSPS) is 11.2. The fourth-order valence-corrected chi connectivity index (χ4v) is 2.60. The minimum absolute atomic E-state index is 1.02. The van der Waals surface area contributed by atoms with Gasteiger partial charge < -0.3 is 0 Å². The lowest BCUT2D eigenvalue weighted by molar-refractivity contribution is 1.12. The maximum absolute atomic E-state index is 4.49. The van der Waals surface area contributed by atoms with Gasteiger partial charge in [0.15, 0.2) is 0 Å². The Kier molecular flexibility index (Phi) is 2.15. The zero-order valence-corrected chi connectivity index (χ0v) is 10.3. The van der Waals surface area contributed by atoms with Crippen molar-refractivity contribution >= 4 is 21.7 Å². The number of rotatable bonds is 1. The van der Waals surface area contributed by atoms with Crippen molar-refractivity contribution in [1.82, 2.24) is 10.2 Å². The number of aromatic nitrogens is 2. The molecular formula is C17H12N2. The van der Waals surface area contributed by atoms with Crippen LogP contribution >= 0.6 is 0 Å². The summed E-state index contributed by atoms with van der Waals surface area (Å²) in [6.45, 7) is 0. The highest BCUT2D eigenvalue weighted by atomic mass is 15.1. The molecule has 90 valence electrons. The Balaban J connectivity index is 2.15. The maximum atomic E-state index is 4.49. The van der Waals surface area contributed by atoms with Crippen LogP contribution in [0.25, 0.3) is 32.9 Å². The predicted molar refractivity (Wildman–Crippen MR) is 79.0 cm³/mol. The van der Waals surface area contributed by atoms with E-state index in [0.29, 0.717) is 0 Å². The van der Waals surface area contributed by atoms with E-state index in [1.165, 1.54) is 16.2 Å². The second-order valence-corrected chi connectivity index (χ2v) is 4.65. The lowest BCUT2D eigenvalue weighted by atomic mass is 10.0. The minimum atomic E-state index is 1.02. The molecular weight excluding hydrogens is 232 g/mol. The maximum Gasteiger partial charge on any atom is 0.101 e. The third-order valence-corrected chi connectivity index (χ3v) is 3.50. The van der Waals surface area contributed by atoms with E-state index in [1.54, 1.807) is 0 Å². The van der Waals surface area contributed by atoms with E-state index < -0.39 is 0 Å². The fourth-order valence-electron chi connectivity index (χ4n) is 2.60. The molecule has 4 aromatic rings. The molecule has 2 heteroatoms. The SMILES string of the molecule is c1ccc(-c2n[nH]c3ccc4ccccc4c23)cc1. The summed E-state index contributed by atoms with van der Waals surface area (Å²) in [6, 6.07) is 22.9. The van der Waals surface area contributed by atoms with E-state index in [1.807, 2.05) is 18.2 Å². The Bertz CT molecular complexity index is 860. The second kappa shape index (κ2) is 3.95. The number of hydrogen-bond acceptors (Lipinski definition) is 1. The molecule has 0 fully saturated rings. The van der Waals surface area contributed by atoms with Crippen molar-refractivity contribution in [3.05, 3.63) is 66.7 Å². The summed E-state index contributed by atoms with van der Waals surface area (Å²) in [7, 11) is 0. The van der Waals surface area contributed by atoms with Crippen molar-refractivity contribution in [2.45, 2.75) is 0 Å². The second-order valence-electron chi connectivity index (χ2n) is 4.65. The zero-order valence-electron chi connectivity index (χ0n) is 10.3. The number of benzene rings is 3. The highest BCUT2D eigenvalue weighted by molar-refractivity contribution is 6.12. The van der Waals surface area contributed by atoms with Gasteiger partial charge in [0.2, 0.25) is 0 Å². The van der Waals surface area contributed by atoms with E-state index >= 15 is 0 Å². The molecule has 0 saturated carbocycles. The van der Waals surface area contributed by atoms with Crippen LogP contribution in [0.5, 0.6) is 0 Å². The highest BCUT2D eigenvalue weighted by Crippen LogP contribution is 2.32. The Labute approximate surface area is 110 Å². The summed E-state index contributed by atoms with van der Waals surface area (Å²) < 4.78 is 0. The first-order chi connectivity index (χ1) is 9.43. The number of nitrogens with zero attached hydrogens (tertiary/aromatic N) is 1. The first-order valence-corrected chi connectivity index (χ1v) is 6.35. The van der Waals surface area contributed by atoms with E-state index in [-0.39, 0.29) is 0 Å². The van der Waals surface area contributed by atoms with Crippen LogP contribution in [0.4, 0.5) is 0 Å². The van der Waals surface area contributed by atoms with Gasteiger partial charge in [-0.3, -0.25) is 5.10 Å². The quantitative estimate of drug-likeness (QED) is 0.528. The van der Waals surface area contributed by atoms with Crippen molar-refractivity contribution < 1.29 is 0 Å². The molecule has 0 spiro atoms. The van der Waals surface area contributed by atoms with Crippen LogP contribution in [0.15, 0.2) is 66.7 Å². The van der Waals surface area contributed by atoms with E-state index in [9.17, 15) is 0 Å². The predicted octanol–water partition coefficient (Wildman–Crippen LogP) is 4.38. The van der Waals surface area contributed by atoms with Crippen LogP contribution in [-0.4, -0.2) is 10.2 Å². The van der Waals surface area contributed by atoms with Gasteiger partial charge in [-0.25, -0.2) is 0 Å². The summed E-state index contributed by atoms with van der Waals surface area (Å²) in [5.41, 5.74) is 3.25. The van der Waals surface area contributed by atoms with Crippen LogP contribution in [0, 0.1) is 0 Å². The standard InChI is InChI=1S/C17H12N2/c1-2-7-13(8-3-1)17-16-14-9-5-4-6-12(14)10-11-15(16)18-19-17/h1-11H,(H,18,19). The number of aromatic amines is 1. The molecule has 0 saturated heterocycles. The molecule has 3 aromatic carbocycles. The molecule has 0 bridgehead atoms. The number of fused-ring (bicyclic) bond motifs is 3. The number of hydrogen-bond donors (Lipinski definition) is 1. The third kappa shape index (κ3) is 1.54. The molecule has 0 aliphatic rings. The van der Waals surface area contributed by atoms with Crippen molar-refractivity contribution in [1.29, 1.82) is 0 Å². The molecule has 0 aliphatic heterocycles. The molecule has 1 heterocycles. The average Bonchev–Trinajstić information content (AvgIpc) is 2.92. The van der Waals surface area contributed by atoms with Gasteiger partial charge in [0.1, 0.15) is 5.69 Å². The van der Waals surface area contributed by atoms with Gasteiger partial charge in [-0.1, -0.05) is 60.7 Å². The topological polar surface area (TPSA) is 28.7 Å². The van der Waals surface area contributed by atoms with Crippen molar-refractivity contribution in [3.8, 4) is 11.3 Å². The van der Waals surface area contributed by atoms with Crippen LogP contribution in [0.1, 0.15) is 0 Å². The lowest BCUT2D eigenvalue weighted by Gasteiger charge is -2.02. The molecule has 1 aromatic heterocycles. The zero-order chi connectivity index (χ0) is 12.7. The highest BCUT2D eigenvalue weighted by Gasteiger charge is 2.10.